The summed E-state index contributed by atoms with van der Waals surface area (Å²) in [5.74, 6) is -6.64. The van der Waals surface area contributed by atoms with E-state index in [-0.39, 0.29) is 49.7 Å². The number of benzene rings is 1. The predicted molar refractivity (Wildman–Crippen MR) is 118 cm³/mol. The molecule has 182 valence electrons. The molecule has 0 unspecified atom stereocenters. The van der Waals surface area contributed by atoms with Gasteiger partial charge in [0, 0.05) is 56.3 Å². The Morgan fingerprint density at radius 3 is 2.41 bits per heavy atom. The summed E-state index contributed by atoms with van der Waals surface area (Å²) < 4.78 is 53.5. The topological polar surface area (TPSA) is 66.4 Å². The fourth-order valence-electron chi connectivity index (χ4n) is 4.42. The zero-order chi connectivity index (χ0) is 24.5. The molecule has 0 bridgehead atoms. The van der Waals surface area contributed by atoms with Gasteiger partial charge >= 0.3 is 0 Å². The lowest BCUT2D eigenvalue weighted by Crippen LogP contribution is -2.42. The quantitative estimate of drug-likeness (QED) is 0.553. The molecule has 2 aromatic rings. The van der Waals surface area contributed by atoms with Crippen LogP contribution < -0.4 is 9.80 Å². The second-order valence-corrected chi connectivity index (χ2v) is 9.07. The van der Waals surface area contributed by atoms with Gasteiger partial charge in [0.25, 0.3) is 11.8 Å². The van der Waals surface area contributed by atoms with Crippen LogP contribution >= 0.6 is 0 Å². The third kappa shape index (κ3) is 5.53. The number of aromatic nitrogens is 2. The standard InChI is InChI=1S/C24H26F4N4O2/c1-23(25,26)21-14-29-17(13-30-21)12-20(33)11-16-3-2-9-32(22(16)34)19-6-4-18(5-7-19)31-10-8-24(27,28)15-31/h4-7,13-14,16H,2-3,8-12,15H2,1H3/t16-/m0/s1. The number of amides is 1. The molecule has 1 atom stereocenters. The third-order valence-electron chi connectivity index (χ3n) is 6.25. The summed E-state index contributed by atoms with van der Waals surface area (Å²) in [4.78, 5) is 36.4. The van der Waals surface area contributed by atoms with Crippen molar-refractivity contribution >= 4 is 23.1 Å². The van der Waals surface area contributed by atoms with Crippen LogP contribution in [0, 0.1) is 5.92 Å². The van der Waals surface area contributed by atoms with E-state index in [0.29, 0.717) is 24.3 Å². The maximum atomic E-state index is 13.5. The zero-order valence-corrected chi connectivity index (χ0v) is 18.8. The number of anilines is 2. The van der Waals surface area contributed by atoms with E-state index in [1.165, 1.54) is 0 Å². The molecule has 2 aliphatic heterocycles. The first-order chi connectivity index (χ1) is 16.0. The van der Waals surface area contributed by atoms with Crippen LogP contribution in [0.15, 0.2) is 36.7 Å². The summed E-state index contributed by atoms with van der Waals surface area (Å²) in [7, 11) is 0. The lowest BCUT2D eigenvalue weighted by Gasteiger charge is -2.32. The number of carbonyl (C=O) groups excluding carboxylic acids is 2. The average molecular weight is 478 g/mol. The fraction of sp³-hybridized carbons (Fsp3) is 0.500. The van der Waals surface area contributed by atoms with Gasteiger partial charge in [-0.15, -0.1) is 0 Å². The molecule has 0 spiro atoms. The van der Waals surface area contributed by atoms with Gasteiger partial charge in [-0.25, -0.2) is 8.78 Å². The molecule has 1 aromatic heterocycles. The molecule has 0 radical (unpaired) electrons. The van der Waals surface area contributed by atoms with E-state index in [1.807, 2.05) is 0 Å². The van der Waals surface area contributed by atoms with Crippen LogP contribution in [-0.2, 0) is 21.9 Å². The van der Waals surface area contributed by atoms with Crippen molar-refractivity contribution in [3.05, 3.63) is 48.0 Å². The molecule has 2 fully saturated rings. The van der Waals surface area contributed by atoms with Crippen LogP contribution in [-0.4, -0.2) is 47.2 Å². The highest BCUT2D eigenvalue weighted by atomic mass is 19.3. The van der Waals surface area contributed by atoms with E-state index < -0.39 is 23.5 Å². The number of alkyl halides is 4. The molecule has 6 nitrogen and oxygen atoms in total. The molecule has 1 aromatic carbocycles. The normalized spacial score (nSPS) is 20.6. The van der Waals surface area contributed by atoms with Crippen molar-refractivity contribution < 1.29 is 27.2 Å². The molecule has 0 aliphatic carbocycles. The number of hydrogen-bond donors (Lipinski definition) is 0. The highest BCUT2D eigenvalue weighted by Gasteiger charge is 2.38. The molecule has 10 heteroatoms. The van der Waals surface area contributed by atoms with E-state index in [0.717, 1.165) is 25.7 Å². The van der Waals surface area contributed by atoms with Crippen molar-refractivity contribution in [1.29, 1.82) is 0 Å². The van der Waals surface area contributed by atoms with Crippen molar-refractivity contribution in [3.63, 3.8) is 0 Å². The lowest BCUT2D eigenvalue weighted by atomic mass is 9.90. The smallest absolute Gasteiger partial charge is 0.288 e. The van der Waals surface area contributed by atoms with Gasteiger partial charge in [-0.05, 0) is 37.1 Å². The van der Waals surface area contributed by atoms with Crippen molar-refractivity contribution in [1.82, 2.24) is 9.97 Å². The molecule has 4 rings (SSSR count). The number of nitrogens with zero attached hydrogens (tertiary/aromatic N) is 4. The van der Waals surface area contributed by atoms with Gasteiger partial charge in [0.15, 0.2) is 0 Å². The molecule has 1 amide bonds. The minimum absolute atomic E-state index is 0.0314. The van der Waals surface area contributed by atoms with E-state index >= 15 is 0 Å². The Kier molecular flexibility index (Phi) is 6.60. The SMILES string of the molecule is CC(F)(F)c1cnc(CC(=O)C[C@@H]2CCCN(c3ccc(N4CCC(F)(F)C4)cc3)C2=O)cn1. The fourth-order valence-corrected chi connectivity index (χ4v) is 4.42. The van der Waals surface area contributed by atoms with Crippen LogP contribution in [0.25, 0.3) is 0 Å². The molecule has 0 saturated carbocycles. The number of ketones is 1. The predicted octanol–water partition coefficient (Wildman–Crippen LogP) is 4.38. The minimum atomic E-state index is -3.11. The Morgan fingerprint density at radius 2 is 1.82 bits per heavy atom. The summed E-state index contributed by atoms with van der Waals surface area (Å²) in [6.07, 6.45) is 3.21. The Bertz CT molecular complexity index is 1040. The van der Waals surface area contributed by atoms with Gasteiger partial charge in [0.05, 0.1) is 24.9 Å². The number of Topliss-reactive ketones (excluding diaryl/α,β-unsaturated/α-hetero) is 1. The molecule has 2 saturated heterocycles. The van der Waals surface area contributed by atoms with E-state index in [9.17, 15) is 27.2 Å². The average Bonchev–Trinajstić information content (AvgIpc) is 3.15. The largest absolute Gasteiger partial charge is 0.365 e. The van der Waals surface area contributed by atoms with Gasteiger partial charge < -0.3 is 9.80 Å². The van der Waals surface area contributed by atoms with Crippen molar-refractivity contribution in [3.8, 4) is 0 Å². The van der Waals surface area contributed by atoms with Crippen LogP contribution in [0.5, 0.6) is 0 Å². The third-order valence-corrected chi connectivity index (χ3v) is 6.25. The summed E-state index contributed by atoms with van der Waals surface area (Å²) in [5.41, 5.74) is 1.16. The highest BCUT2D eigenvalue weighted by molar-refractivity contribution is 5.98. The van der Waals surface area contributed by atoms with Gasteiger partial charge in [-0.1, -0.05) is 0 Å². The Morgan fingerprint density at radius 1 is 1.12 bits per heavy atom. The van der Waals surface area contributed by atoms with Crippen LogP contribution in [0.4, 0.5) is 28.9 Å². The second kappa shape index (κ2) is 9.31. The van der Waals surface area contributed by atoms with E-state index in [2.05, 4.69) is 9.97 Å². The summed E-state index contributed by atoms with van der Waals surface area (Å²) in [5, 5.41) is 0. The number of carbonyl (C=O) groups is 2. The zero-order valence-electron chi connectivity index (χ0n) is 18.8. The van der Waals surface area contributed by atoms with Crippen LogP contribution in [0.3, 0.4) is 0 Å². The first-order valence-corrected chi connectivity index (χ1v) is 11.3. The minimum Gasteiger partial charge on any atom is -0.365 e. The maximum absolute atomic E-state index is 13.5. The first kappa shape index (κ1) is 24.1. The van der Waals surface area contributed by atoms with Gasteiger partial charge in [0.1, 0.15) is 11.5 Å². The molecule has 34 heavy (non-hydrogen) atoms. The highest BCUT2D eigenvalue weighted by Crippen LogP contribution is 2.33. The number of piperidine rings is 1. The number of hydrogen-bond acceptors (Lipinski definition) is 5. The van der Waals surface area contributed by atoms with E-state index in [1.54, 1.807) is 34.1 Å². The monoisotopic (exact) mass is 478 g/mol. The van der Waals surface area contributed by atoms with Crippen molar-refractivity contribution in [2.45, 2.75) is 50.9 Å². The Hall–Kier alpha value is -3.04. The van der Waals surface area contributed by atoms with Crippen LogP contribution in [0.2, 0.25) is 0 Å². The van der Waals surface area contributed by atoms with Gasteiger partial charge in [-0.2, -0.15) is 8.78 Å². The second-order valence-electron chi connectivity index (χ2n) is 9.07. The maximum Gasteiger partial charge on any atom is 0.288 e. The number of rotatable bonds is 7. The number of halogens is 4. The van der Waals surface area contributed by atoms with Gasteiger partial charge in [-0.3, -0.25) is 19.6 Å². The Balaban J connectivity index is 1.36. The molecular formula is C24H26F4N4O2. The van der Waals surface area contributed by atoms with Crippen molar-refractivity contribution in [2.24, 2.45) is 5.92 Å². The summed E-state index contributed by atoms with van der Waals surface area (Å²) >= 11 is 0. The molecule has 3 heterocycles. The summed E-state index contributed by atoms with van der Waals surface area (Å²) in [6, 6.07) is 6.96. The van der Waals surface area contributed by atoms with E-state index in [4.69, 9.17) is 0 Å². The summed E-state index contributed by atoms with van der Waals surface area (Å²) in [6.45, 7) is 1.21. The first-order valence-electron chi connectivity index (χ1n) is 11.3. The molecule has 0 N–H and O–H groups in total. The molecule has 2 aliphatic rings. The van der Waals surface area contributed by atoms with Crippen molar-refractivity contribution in [2.75, 3.05) is 29.4 Å². The molecular weight excluding hydrogens is 452 g/mol. The van der Waals surface area contributed by atoms with Gasteiger partial charge in [0.2, 0.25) is 5.91 Å². The van der Waals surface area contributed by atoms with Crippen LogP contribution in [0.1, 0.15) is 44.0 Å². The lowest BCUT2D eigenvalue weighted by molar-refractivity contribution is -0.128. The Labute approximate surface area is 195 Å².